The summed E-state index contributed by atoms with van der Waals surface area (Å²) in [5, 5.41) is 10.1. The molecule has 278 valence electrons. The average Bonchev–Trinajstić information content (AvgIpc) is 3.28. The number of rotatable bonds is 10. The van der Waals surface area contributed by atoms with Crippen molar-refractivity contribution in [3.63, 3.8) is 0 Å². The van der Waals surface area contributed by atoms with Crippen LogP contribution in [-0.4, -0.2) is 13.2 Å². The maximum Gasteiger partial charge on any atom is 0.203 e. The van der Waals surface area contributed by atoms with Crippen molar-refractivity contribution in [3.8, 4) is 41.2 Å². The van der Waals surface area contributed by atoms with Crippen LogP contribution in [0, 0.1) is 41.6 Å². The number of benzene rings is 7. The predicted molar refractivity (Wildman–Crippen MR) is 234 cm³/mol. The van der Waals surface area contributed by atoms with Crippen molar-refractivity contribution in [3.05, 3.63) is 209 Å². The van der Waals surface area contributed by atoms with Crippen LogP contribution in [0.1, 0.15) is 41.7 Å². The van der Waals surface area contributed by atoms with Crippen molar-refractivity contribution < 1.29 is 9.47 Å². The van der Waals surface area contributed by atoms with E-state index in [0.29, 0.717) is 35.6 Å². The number of nitrogens with zero attached hydrogens (tertiary/aromatic N) is 4. The van der Waals surface area contributed by atoms with Gasteiger partial charge < -0.3 is 19.3 Å². The minimum Gasteiger partial charge on any atom is -0.494 e. The molecule has 0 aliphatic carbocycles. The summed E-state index contributed by atoms with van der Waals surface area (Å²) in [5.74, 6) is 14.3. The Morgan fingerprint density at radius 3 is 1.22 bits per heavy atom. The molecule has 0 aliphatic rings. The van der Waals surface area contributed by atoms with Crippen LogP contribution in [0.15, 0.2) is 170 Å². The summed E-state index contributed by atoms with van der Waals surface area (Å²) in [5.41, 5.74) is 9.15. The Kier molecular flexibility index (Phi) is 12.1. The lowest BCUT2D eigenvalue weighted by molar-refractivity contribution is 0.340. The summed E-state index contributed by atoms with van der Waals surface area (Å²) in [7, 11) is 0. The molecular weight excluding hydrogens is 713 g/mol. The van der Waals surface area contributed by atoms with Crippen molar-refractivity contribution in [2.24, 2.45) is 0 Å². The number of anilines is 6. The van der Waals surface area contributed by atoms with E-state index in [4.69, 9.17) is 16.0 Å². The molecule has 0 N–H and O–H groups in total. The lowest BCUT2D eigenvalue weighted by Crippen LogP contribution is -2.09. The molecule has 0 atom stereocenters. The summed E-state index contributed by atoms with van der Waals surface area (Å²) in [6.07, 6.45) is 0. The maximum atomic E-state index is 10.1. The van der Waals surface area contributed by atoms with Gasteiger partial charge in [0.25, 0.3) is 0 Å². The zero-order chi connectivity index (χ0) is 40.1. The van der Waals surface area contributed by atoms with Gasteiger partial charge in [0.05, 0.1) is 25.3 Å². The third-order valence-electron chi connectivity index (χ3n) is 9.15. The molecule has 0 unspecified atom stereocenters. The highest BCUT2D eigenvalue weighted by molar-refractivity contribution is 5.78. The second-order valence-electron chi connectivity index (χ2n) is 12.9. The van der Waals surface area contributed by atoms with Crippen molar-refractivity contribution in [1.29, 1.82) is 5.26 Å². The third kappa shape index (κ3) is 9.03. The first-order chi connectivity index (χ1) is 28.6. The standard InChI is InChI=1S/C52H38N4O2/c1-4-57-50-32-28-48(29-33-50)55(44-12-8-6-9-13-44)46-24-18-39(19-25-46)16-22-41-37-52(54-3)42(36-43(41)38-53)23-17-40-20-26-47(27-21-40)56(45-14-10-7-11-15-45)49-30-34-51(35-31-49)58-5-2/h6-15,18-21,24-37H,4-5H2,1-2H3. The molecule has 0 amide bonds. The molecule has 7 aromatic rings. The zero-order valence-electron chi connectivity index (χ0n) is 32.2. The van der Waals surface area contributed by atoms with Gasteiger partial charge in [-0.2, -0.15) is 5.26 Å². The summed E-state index contributed by atoms with van der Waals surface area (Å²) in [6.45, 7) is 13.1. The summed E-state index contributed by atoms with van der Waals surface area (Å²) in [4.78, 5) is 8.07. The van der Waals surface area contributed by atoms with Crippen molar-refractivity contribution in [1.82, 2.24) is 0 Å². The summed E-state index contributed by atoms with van der Waals surface area (Å²) in [6, 6.07) is 57.8. The lowest BCUT2D eigenvalue weighted by Gasteiger charge is -2.25. The van der Waals surface area contributed by atoms with Gasteiger partial charge in [0.15, 0.2) is 0 Å². The Hall–Kier alpha value is -8.16. The highest BCUT2D eigenvalue weighted by Gasteiger charge is 2.14. The largest absolute Gasteiger partial charge is 0.494 e. The molecule has 0 saturated heterocycles. The number of nitriles is 1. The molecular formula is C52H38N4O2. The van der Waals surface area contributed by atoms with Gasteiger partial charge in [-0.15, -0.1) is 0 Å². The first-order valence-corrected chi connectivity index (χ1v) is 18.9. The smallest absolute Gasteiger partial charge is 0.203 e. The third-order valence-corrected chi connectivity index (χ3v) is 9.15. The van der Waals surface area contributed by atoms with E-state index in [-0.39, 0.29) is 0 Å². The van der Waals surface area contributed by atoms with Gasteiger partial charge in [-0.05, 0) is 147 Å². The quantitative estimate of drug-likeness (QED) is 0.103. The van der Waals surface area contributed by atoms with Gasteiger partial charge in [0.1, 0.15) is 17.6 Å². The van der Waals surface area contributed by atoms with E-state index in [1.165, 1.54) is 0 Å². The minimum atomic E-state index is 0.336. The normalized spacial score (nSPS) is 10.1. The predicted octanol–water partition coefficient (Wildman–Crippen LogP) is 12.6. The lowest BCUT2D eigenvalue weighted by atomic mass is 10.0. The number of hydrogen-bond acceptors (Lipinski definition) is 5. The monoisotopic (exact) mass is 750 g/mol. The Balaban J connectivity index is 1.12. The van der Waals surface area contributed by atoms with Gasteiger partial charge in [-0.3, -0.25) is 0 Å². The van der Waals surface area contributed by atoms with E-state index in [2.05, 4.69) is 68.7 Å². The van der Waals surface area contributed by atoms with Gasteiger partial charge in [-0.1, -0.05) is 60.1 Å². The highest BCUT2D eigenvalue weighted by atomic mass is 16.5. The van der Waals surface area contributed by atoms with E-state index in [1.807, 2.05) is 147 Å². The zero-order valence-corrected chi connectivity index (χ0v) is 32.2. The molecule has 0 aliphatic heterocycles. The molecule has 0 saturated carbocycles. The van der Waals surface area contributed by atoms with Crippen LogP contribution in [0.3, 0.4) is 0 Å². The maximum absolute atomic E-state index is 10.1. The van der Waals surface area contributed by atoms with Crippen molar-refractivity contribution in [2.45, 2.75) is 13.8 Å². The SMILES string of the molecule is [C-]#[N+]c1cc(C#Cc2ccc(N(c3ccccc3)c3ccc(OCC)cc3)cc2)c(C#N)cc1C#Cc1ccc(N(c2ccccc2)c2ccc(OCC)cc2)cc1. The fraction of sp³-hybridized carbons (Fsp3) is 0.0769. The fourth-order valence-electron chi connectivity index (χ4n) is 6.41. The number of hydrogen-bond donors (Lipinski definition) is 0. The molecule has 7 aromatic carbocycles. The Morgan fingerprint density at radius 2 is 0.845 bits per heavy atom. The molecule has 0 heterocycles. The second-order valence-corrected chi connectivity index (χ2v) is 12.9. The topological polar surface area (TPSA) is 53.1 Å². The van der Waals surface area contributed by atoms with E-state index in [1.54, 1.807) is 12.1 Å². The van der Waals surface area contributed by atoms with Gasteiger partial charge in [0, 0.05) is 56.4 Å². The molecule has 0 spiro atoms. The van der Waals surface area contributed by atoms with Gasteiger partial charge in [0.2, 0.25) is 5.69 Å². The molecule has 58 heavy (non-hydrogen) atoms. The Labute approximate surface area is 340 Å². The van der Waals surface area contributed by atoms with Crippen LogP contribution in [0.25, 0.3) is 4.85 Å². The number of para-hydroxylation sites is 2. The molecule has 0 radical (unpaired) electrons. The van der Waals surface area contributed by atoms with Gasteiger partial charge >= 0.3 is 0 Å². The second kappa shape index (κ2) is 18.4. The average molecular weight is 751 g/mol. The van der Waals surface area contributed by atoms with E-state index >= 15 is 0 Å². The van der Waals surface area contributed by atoms with E-state index in [9.17, 15) is 5.26 Å². The Morgan fingerprint density at radius 1 is 0.466 bits per heavy atom. The first-order valence-electron chi connectivity index (χ1n) is 18.9. The van der Waals surface area contributed by atoms with Crippen molar-refractivity contribution >= 4 is 39.8 Å². The number of ether oxygens (including phenoxy) is 2. The first kappa shape index (κ1) is 38.1. The highest BCUT2D eigenvalue weighted by Crippen LogP contribution is 2.37. The van der Waals surface area contributed by atoms with E-state index in [0.717, 1.165) is 56.8 Å². The van der Waals surface area contributed by atoms with Crippen molar-refractivity contribution in [2.75, 3.05) is 23.0 Å². The molecule has 7 rings (SSSR count). The van der Waals surface area contributed by atoms with E-state index < -0.39 is 0 Å². The van der Waals surface area contributed by atoms with Crippen LogP contribution < -0.4 is 19.3 Å². The van der Waals surface area contributed by atoms with Crippen LogP contribution in [0.5, 0.6) is 11.5 Å². The summed E-state index contributed by atoms with van der Waals surface area (Å²) >= 11 is 0. The minimum absolute atomic E-state index is 0.336. The van der Waals surface area contributed by atoms with Crippen LogP contribution in [0.4, 0.5) is 39.8 Å². The van der Waals surface area contributed by atoms with Gasteiger partial charge in [-0.25, -0.2) is 4.85 Å². The fourth-order valence-corrected chi connectivity index (χ4v) is 6.41. The molecule has 6 nitrogen and oxygen atoms in total. The molecule has 0 bridgehead atoms. The Bertz CT molecular complexity index is 2500. The van der Waals surface area contributed by atoms with Crippen LogP contribution in [-0.2, 0) is 0 Å². The molecule has 0 fully saturated rings. The summed E-state index contributed by atoms with van der Waals surface area (Å²) < 4.78 is 11.3. The molecule has 0 aromatic heterocycles. The van der Waals surface area contributed by atoms with Crippen LogP contribution >= 0.6 is 0 Å². The van der Waals surface area contributed by atoms with Crippen LogP contribution in [0.2, 0.25) is 0 Å². The molecule has 6 heteroatoms.